The molecule has 0 atom stereocenters. The Balaban J connectivity index is 1.19. The lowest BCUT2D eigenvalue weighted by Gasteiger charge is -2.46. The van der Waals surface area contributed by atoms with Gasteiger partial charge < -0.3 is 14.4 Å². The number of anilines is 6. The van der Waals surface area contributed by atoms with Gasteiger partial charge in [-0.05, 0) is 209 Å². The van der Waals surface area contributed by atoms with Gasteiger partial charge in [0.05, 0.1) is 33.6 Å². The third-order valence-electron chi connectivity index (χ3n) is 23.2. The fourth-order valence-corrected chi connectivity index (χ4v) is 16.4. The van der Waals surface area contributed by atoms with Gasteiger partial charge in [-0.3, -0.25) is 0 Å². The number of rotatable bonds is 8. The van der Waals surface area contributed by atoms with E-state index in [-0.39, 0.29) is 62.2 Å². The van der Waals surface area contributed by atoms with Crippen LogP contribution in [-0.4, -0.2) is 11.3 Å². The van der Waals surface area contributed by atoms with Crippen molar-refractivity contribution in [1.29, 1.82) is 5.26 Å². The second-order valence-electron chi connectivity index (χ2n) is 39.7. The molecule has 0 unspecified atom stereocenters. The molecule has 0 bridgehead atoms. The van der Waals surface area contributed by atoms with Gasteiger partial charge in [0, 0.05) is 44.6 Å². The maximum Gasteiger partial charge on any atom is 0.252 e. The number of benzene rings is 12. The zero-order valence-corrected chi connectivity index (χ0v) is 69.6. The molecule has 0 spiro atoms. The first kappa shape index (κ1) is 70.0. The van der Waals surface area contributed by atoms with E-state index in [9.17, 15) is 10.7 Å². The number of hydrogen-bond acceptors (Lipinski definition) is 3. The normalized spacial score (nSPS) is 14.1. The molecule has 1 aromatic heterocycles. The minimum Gasteiger partial charge on any atom is -0.310 e. The van der Waals surface area contributed by atoms with E-state index in [0.29, 0.717) is 16.7 Å². The molecular formula is C105H111BN4. The Hall–Kier alpha value is -10.4. The van der Waals surface area contributed by atoms with E-state index in [1.165, 1.54) is 33.4 Å². The van der Waals surface area contributed by atoms with Crippen LogP contribution in [0.15, 0.2) is 236 Å². The summed E-state index contributed by atoms with van der Waals surface area (Å²) >= 11 is 0. The van der Waals surface area contributed by atoms with Crippen LogP contribution in [0.2, 0.25) is 0 Å². The monoisotopic (exact) mass is 1440 g/mol. The Morgan fingerprint density at radius 3 is 1.05 bits per heavy atom. The van der Waals surface area contributed by atoms with Crippen molar-refractivity contribution >= 4 is 79.0 Å². The van der Waals surface area contributed by atoms with E-state index in [4.69, 9.17) is 0 Å². The lowest BCUT2D eigenvalue weighted by molar-refractivity contribution is 0.568. The average Bonchev–Trinajstić information content (AvgIpc) is 0.786. The summed E-state index contributed by atoms with van der Waals surface area (Å²) in [6.07, 6.45) is 0. The highest BCUT2D eigenvalue weighted by Gasteiger charge is 2.46. The minimum absolute atomic E-state index is 0.0581. The molecule has 2 aliphatic heterocycles. The molecule has 15 rings (SSSR count). The van der Waals surface area contributed by atoms with Crippen LogP contribution in [0.1, 0.15) is 222 Å². The predicted octanol–water partition coefficient (Wildman–Crippen LogP) is 27.5. The molecule has 4 nitrogen and oxygen atoms in total. The summed E-state index contributed by atoms with van der Waals surface area (Å²) in [6, 6.07) is 81.8. The first-order valence-electron chi connectivity index (χ1n) is 41.6. The van der Waals surface area contributed by atoms with Crippen LogP contribution in [-0.2, 0) is 43.3 Å². The van der Waals surface area contributed by atoms with E-state index in [0.717, 1.165) is 128 Å². The second-order valence-corrected chi connectivity index (χ2v) is 39.7. The van der Waals surface area contributed by atoms with Crippen molar-refractivity contribution < 1.29 is 5.48 Å². The number of para-hydroxylation sites is 2. The smallest absolute Gasteiger partial charge is 0.252 e. The van der Waals surface area contributed by atoms with Gasteiger partial charge in [0.2, 0.25) is 0 Å². The Morgan fingerprint density at radius 1 is 0.282 bits per heavy atom. The van der Waals surface area contributed by atoms with Crippen LogP contribution < -0.4 is 26.2 Å². The zero-order chi connectivity index (χ0) is 82.1. The summed E-state index contributed by atoms with van der Waals surface area (Å²) in [4.78, 5) is 4.91. The third kappa shape index (κ3) is 13.5. The highest BCUT2D eigenvalue weighted by Crippen LogP contribution is 2.55. The van der Waals surface area contributed by atoms with Gasteiger partial charge in [-0.1, -0.05) is 342 Å². The molecule has 0 amide bonds. The largest absolute Gasteiger partial charge is 0.310 e. The van der Waals surface area contributed by atoms with Gasteiger partial charge in [-0.2, -0.15) is 5.26 Å². The van der Waals surface area contributed by atoms with Crippen LogP contribution in [0, 0.1) is 11.3 Å². The maximum absolute atomic E-state index is 12.6. The third-order valence-corrected chi connectivity index (χ3v) is 23.2. The van der Waals surface area contributed by atoms with E-state index in [1.54, 1.807) is 0 Å². The molecule has 0 fully saturated rings. The van der Waals surface area contributed by atoms with Crippen molar-refractivity contribution in [3.63, 3.8) is 0 Å². The maximum atomic E-state index is 12.6. The summed E-state index contributed by atoms with van der Waals surface area (Å²) in [5.41, 5.74) is 26.6. The molecule has 0 saturated heterocycles. The molecule has 0 radical (unpaired) electrons. The highest BCUT2D eigenvalue weighted by atomic mass is 15.2. The van der Waals surface area contributed by atoms with Gasteiger partial charge in [0.15, 0.2) is 0 Å². The van der Waals surface area contributed by atoms with E-state index >= 15 is 0 Å². The fourth-order valence-electron chi connectivity index (χ4n) is 16.4. The van der Waals surface area contributed by atoms with E-state index in [2.05, 4.69) is 378 Å². The van der Waals surface area contributed by atoms with Gasteiger partial charge in [0.25, 0.3) is 6.71 Å². The summed E-state index contributed by atoms with van der Waals surface area (Å²) in [5, 5.41) is 14.8. The number of aromatic nitrogens is 1. The number of fused-ring (bicyclic) bond motifs is 7. The first-order valence-corrected chi connectivity index (χ1v) is 39.6. The molecule has 5 heteroatoms. The van der Waals surface area contributed by atoms with Gasteiger partial charge in [-0.15, -0.1) is 0 Å². The Bertz CT molecular complexity index is 5970. The summed E-state index contributed by atoms with van der Waals surface area (Å²) in [7, 11) is 0. The van der Waals surface area contributed by atoms with Crippen molar-refractivity contribution in [3.05, 3.63) is 287 Å². The zero-order valence-electron chi connectivity index (χ0n) is 73.6. The molecule has 0 aliphatic carbocycles. The first-order chi connectivity index (χ1) is 53.2. The standard InChI is InChI=1S/C105H111BN4/c1-98(2,3)73-45-41-66(42-46-73)84-63-80(105(22,23)24)62-83(65-33-26-25-27-34-65)97(84)110-93-56-68(70-51-76(101(10,11)12)60-77(52-70)102(13,14)15)44-48-87(93)106-86-47-43-67(69-49-74(99(4,5)6)59-75(50-69)100(7,8)9)55-92(86)109(94-57-72(58-95(110)96(94)106)71-53-78(103(16,17)18)61-79(54-71)104(19,20)21)91-40-32-39-90(85(91)64-107)108-88-37-30-28-35-81(88)82-36-29-31-38-89(82)108/h25-63H,1-24H3/i41D,42D,45D,46D. The van der Waals surface area contributed by atoms with Crippen LogP contribution in [0.3, 0.4) is 0 Å². The van der Waals surface area contributed by atoms with Crippen molar-refractivity contribution in [2.24, 2.45) is 0 Å². The second kappa shape index (κ2) is 26.4. The summed E-state index contributed by atoms with van der Waals surface area (Å²) < 4.78 is 43.8. The molecule has 110 heavy (non-hydrogen) atoms. The summed E-state index contributed by atoms with van der Waals surface area (Å²) in [6.45, 7) is 53.6. The summed E-state index contributed by atoms with van der Waals surface area (Å²) in [5.74, 6) is 0. The molecular weight excluding hydrogens is 1330 g/mol. The molecule has 0 saturated carbocycles. The quantitative estimate of drug-likeness (QED) is 0.142. The van der Waals surface area contributed by atoms with Crippen molar-refractivity contribution in [2.45, 2.75) is 209 Å². The Morgan fingerprint density at radius 2 is 0.627 bits per heavy atom. The fraction of sp³-hybridized carbons (Fsp3) is 0.305. The topological polar surface area (TPSA) is 35.2 Å². The lowest BCUT2D eigenvalue weighted by Crippen LogP contribution is -2.61. The highest BCUT2D eigenvalue weighted by molar-refractivity contribution is 7.00. The van der Waals surface area contributed by atoms with Gasteiger partial charge in [-0.25, -0.2) is 0 Å². The molecule has 554 valence electrons. The Labute approximate surface area is 663 Å². The van der Waals surface area contributed by atoms with E-state index in [1.807, 2.05) is 20.8 Å². The van der Waals surface area contributed by atoms with Gasteiger partial charge in [0.1, 0.15) is 11.6 Å². The SMILES string of the molecule is [2H]c1c([2H])c(C(C)(C)C)c([2H])c([2H])c1-c1cc(C(C)(C)C)cc(-c2ccccc2)c1N1c2cc(-c3cc(C(C)(C)C)cc(C(C)(C)C)c3)ccc2B2c3ccc(-c4cc(C(C)(C)C)cc(C(C)(C)C)c4)cc3N(c3cccc(-n4c5ccccc5c5ccccc54)c3C#N)c3cc(-c4cc(C(C)(C)C)cc(C(C)(C)C)c4)cc1c32. The van der Waals surface area contributed by atoms with Crippen molar-refractivity contribution in [3.8, 4) is 67.4 Å². The molecule has 12 aromatic carbocycles. The number of hydrogen-bond donors (Lipinski definition) is 0. The van der Waals surface area contributed by atoms with Crippen LogP contribution in [0.4, 0.5) is 34.1 Å². The van der Waals surface area contributed by atoms with Crippen LogP contribution in [0.5, 0.6) is 0 Å². The van der Waals surface area contributed by atoms with Crippen LogP contribution >= 0.6 is 0 Å². The van der Waals surface area contributed by atoms with Crippen molar-refractivity contribution in [2.75, 3.05) is 9.80 Å². The molecule has 2 aliphatic rings. The van der Waals surface area contributed by atoms with Crippen molar-refractivity contribution in [1.82, 2.24) is 4.57 Å². The minimum atomic E-state index is -0.724. The lowest BCUT2D eigenvalue weighted by atomic mass is 9.33. The van der Waals surface area contributed by atoms with E-state index < -0.39 is 17.5 Å². The molecule has 0 N–H and O–H groups in total. The molecule has 13 aromatic rings. The predicted molar refractivity (Wildman–Crippen MR) is 476 cm³/mol. The van der Waals surface area contributed by atoms with Gasteiger partial charge >= 0.3 is 0 Å². The van der Waals surface area contributed by atoms with Crippen LogP contribution in [0.25, 0.3) is 83.1 Å². The average molecular weight is 1440 g/mol. The number of nitrogens with zero attached hydrogens (tertiary/aromatic N) is 4. The Kier molecular flexibility index (Phi) is 16.8. The number of nitriles is 1. The molecule has 3 heterocycles.